The SMILES string of the molecule is CCC(CO)(CO)NC(=O)COc1ccccc1Cl. The van der Waals surface area contributed by atoms with E-state index in [0.29, 0.717) is 17.2 Å². The van der Waals surface area contributed by atoms with Crippen molar-refractivity contribution in [3.05, 3.63) is 29.3 Å². The van der Waals surface area contributed by atoms with Gasteiger partial charge in [-0.05, 0) is 18.6 Å². The van der Waals surface area contributed by atoms with Crippen molar-refractivity contribution >= 4 is 17.5 Å². The quantitative estimate of drug-likeness (QED) is 0.698. The number of rotatable bonds is 7. The molecule has 106 valence electrons. The van der Waals surface area contributed by atoms with Crippen LogP contribution in [0.5, 0.6) is 5.75 Å². The number of hydrogen-bond acceptors (Lipinski definition) is 4. The Hall–Kier alpha value is -1.30. The second-order valence-electron chi connectivity index (χ2n) is 4.22. The van der Waals surface area contributed by atoms with Gasteiger partial charge in [-0.3, -0.25) is 4.79 Å². The predicted molar refractivity (Wildman–Crippen MR) is 72.3 cm³/mol. The molecule has 0 spiro atoms. The molecule has 0 aliphatic carbocycles. The van der Waals surface area contributed by atoms with Crippen LogP contribution in [0.4, 0.5) is 0 Å². The van der Waals surface area contributed by atoms with Gasteiger partial charge in [0.2, 0.25) is 0 Å². The maximum absolute atomic E-state index is 11.7. The molecule has 0 aromatic heterocycles. The molecule has 1 aromatic rings. The van der Waals surface area contributed by atoms with Gasteiger partial charge < -0.3 is 20.3 Å². The molecule has 0 aliphatic heterocycles. The summed E-state index contributed by atoms with van der Waals surface area (Å²) in [5.41, 5.74) is -1.01. The van der Waals surface area contributed by atoms with Crippen molar-refractivity contribution in [3.8, 4) is 5.75 Å². The lowest BCUT2D eigenvalue weighted by Crippen LogP contribution is -2.54. The van der Waals surface area contributed by atoms with Gasteiger partial charge in [-0.2, -0.15) is 0 Å². The Kier molecular flexibility index (Phi) is 6.08. The smallest absolute Gasteiger partial charge is 0.258 e. The van der Waals surface area contributed by atoms with Crippen LogP contribution in [0, 0.1) is 0 Å². The minimum absolute atomic E-state index is 0.231. The molecule has 1 amide bonds. The summed E-state index contributed by atoms with van der Waals surface area (Å²) in [4.78, 5) is 11.7. The summed E-state index contributed by atoms with van der Waals surface area (Å²) < 4.78 is 5.27. The molecule has 1 aromatic carbocycles. The van der Waals surface area contributed by atoms with E-state index in [4.69, 9.17) is 16.3 Å². The molecule has 19 heavy (non-hydrogen) atoms. The number of carbonyl (C=O) groups excluding carboxylic acids is 1. The van der Waals surface area contributed by atoms with Gasteiger partial charge in [-0.1, -0.05) is 30.7 Å². The predicted octanol–water partition coefficient (Wildman–Crippen LogP) is 0.968. The minimum Gasteiger partial charge on any atom is -0.482 e. The van der Waals surface area contributed by atoms with Gasteiger partial charge in [0.05, 0.1) is 23.8 Å². The molecule has 0 radical (unpaired) electrons. The van der Waals surface area contributed by atoms with E-state index in [1.165, 1.54) is 0 Å². The van der Waals surface area contributed by atoms with Gasteiger partial charge in [0.25, 0.3) is 5.91 Å². The molecule has 0 heterocycles. The molecule has 0 saturated carbocycles. The standard InChI is InChI=1S/C13H18ClNO4/c1-2-13(8-16,9-17)15-12(18)7-19-11-6-4-3-5-10(11)14/h3-6,16-17H,2,7-9H2,1H3,(H,15,18). The lowest BCUT2D eigenvalue weighted by molar-refractivity contribution is -0.126. The number of nitrogens with one attached hydrogen (secondary N) is 1. The van der Waals surface area contributed by atoms with Crippen LogP contribution in [0.25, 0.3) is 0 Å². The highest BCUT2D eigenvalue weighted by Gasteiger charge is 2.28. The zero-order chi connectivity index (χ0) is 14.3. The van der Waals surface area contributed by atoms with Gasteiger partial charge in [-0.15, -0.1) is 0 Å². The number of aliphatic hydroxyl groups is 2. The van der Waals surface area contributed by atoms with Crippen molar-refractivity contribution in [2.75, 3.05) is 19.8 Å². The summed E-state index contributed by atoms with van der Waals surface area (Å²) in [5, 5.41) is 21.4. The number of ether oxygens (including phenoxy) is 1. The maximum atomic E-state index is 11.7. The number of carbonyl (C=O) groups is 1. The highest BCUT2D eigenvalue weighted by atomic mass is 35.5. The van der Waals surface area contributed by atoms with Crippen molar-refractivity contribution < 1.29 is 19.7 Å². The van der Waals surface area contributed by atoms with Crippen LogP contribution in [0.2, 0.25) is 5.02 Å². The van der Waals surface area contributed by atoms with E-state index in [1.807, 2.05) is 0 Å². The molecule has 0 unspecified atom stereocenters. The minimum atomic E-state index is -1.01. The largest absolute Gasteiger partial charge is 0.482 e. The van der Waals surface area contributed by atoms with Crippen LogP contribution in [0.15, 0.2) is 24.3 Å². The lowest BCUT2D eigenvalue weighted by Gasteiger charge is -2.29. The van der Waals surface area contributed by atoms with Crippen LogP contribution in [-0.2, 0) is 4.79 Å². The number of aliphatic hydroxyl groups excluding tert-OH is 2. The molecule has 0 saturated heterocycles. The average molecular weight is 288 g/mol. The van der Waals surface area contributed by atoms with E-state index in [9.17, 15) is 15.0 Å². The lowest BCUT2D eigenvalue weighted by atomic mass is 9.98. The van der Waals surface area contributed by atoms with Crippen molar-refractivity contribution in [1.82, 2.24) is 5.32 Å². The summed E-state index contributed by atoms with van der Waals surface area (Å²) in [7, 11) is 0. The highest BCUT2D eigenvalue weighted by molar-refractivity contribution is 6.32. The van der Waals surface area contributed by atoms with Gasteiger partial charge in [-0.25, -0.2) is 0 Å². The number of amides is 1. The zero-order valence-electron chi connectivity index (χ0n) is 10.7. The van der Waals surface area contributed by atoms with Crippen molar-refractivity contribution in [2.24, 2.45) is 0 Å². The summed E-state index contributed by atoms with van der Waals surface area (Å²) in [6.45, 7) is 0.864. The summed E-state index contributed by atoms with van der Waals surface area (Å²) >= 11 is 5.89. The van der Waals surface area contributed by atoms with Gasteiger partial charge in [0.15, 0.2) is 6.61 Å². The van der Waals surface area contributed by atoms with Gasteiger partial charge in [0.1, 0.15) is 5.75 Å². The average Bonchev–Trinajstić information content (AvgIpc) is 2.44. The molecule has 0 bridgehead atoms. The maximum Gasteiger partial charge on any atom is 0.258 e. The molecule has 0 atom stereocenters. The molecule has 1 rings (SSSR count). The van der Waals surface area contributed by atoms with Gasteiger partial charge in [0, 0.05) is 0 Å². The first-order valence-electron chi connectivity index (χ1n) is 5.97. The van der Waals surface area contributed by atoms with Crippen LogP contribution >= 0.6 is 11.6 Å². The summed E-state index contributed by atoms with van der Waals surface area (Å²) in [6, 6.07) is 6.82. The fraction of sp³-hybridized carbons (Fsp3) is 0.462. The second kappa shape index (κ2) is 7.33. The third kappa shape index (κ3) is 4.38. The fourth-order valence-corrected chi connectivity index (χ4v) is 1.67. The number of benzene rings is 1. The van der Waals surface area contributed by atoms with E-state index in [0.717, 1.165) is 0 Å². The third-order valence-electron chi connectivity index (χ3n) is 2.88. The van der Waals surface area contributed by atoms with Crippen LogP contribution < -0.4 is 10.1 Å². The number of para-hydroxylation sites is 1. The van der Waals surface area contributed by atoms with E-state index in [-0.39, 0.29) is 19.8 Å². The second-order valence-corrected chi connectivity index (χ2v) is 4.62. The Bertz CT molecular complexity index is 413. The Morgan fingerprint density at radius 2 is 2.00 bits per heavy atom. The molecule has 5 nitrogen and oxygen atoms in total. The number of halogens is 1. The first kappa shape index (κ1) is 15.8. The van der Waals surface area contributed by atoms with E-state index >= 15 is 0 Å². The summed E-state index contributed by atoms with van der Waals surface area (Å²) in [5.74, 6) is -0.0146. The molecular formula is C13H18ClNO4. The molecule has 0 aliphatic rings. The van der Waals surface area contributed by atoms with Crippen molar-refractivity contribution in [2.45, 2.75) is 18.9 Å². The number of hydrogen-bond donors (Lipinski definition) is 3. The molecule has 3 N–H and O–H groups in total. The molecule has 0 fully saturated rings. The third-order valence-corrected chi connectivity index (χ3v) is 3.19. The summed E-state index contributed by atoms with van der Waals surface area (Å²) in [6.07, 6.45) is 0.415. The Balaban J connectivity index is 2.54. The highest BCUT2D eigenvalue weighted by Crippen LogP contribution is 2.22. The topological polar surface area (TPSA) is 78.8 Å². The van der Waals surface area contributed by atoms with Crippen molar-refractivity contribution in [3.63, 3.8) is 0 Å². The molecule has 6 heteroatoms. The van der Waals surface area contributed by atoms with Crippen LogP contribution in [0.3, 0.4) is 0 Å². The monoisotopic (exact) mass is 287 g/mol. The molecular weight excluding hydrogens is 270 g/mol. The zero-order valence-corrected chi connectivity index (χ0v) is 11.5. The fourth-order valence-electron chi connectivity index (χ4n) is 1.48. The first-order chi connectivity index (χ1) is 9.06. The van der Waals surface area contributed by atoms with E-state index in [2.05, 4.69) is 5.32 Å². The first-order valence-corrected chi connectivity index (χ1v) is 6.34. The van der Waals surface area contributed by atoms with E-state index in [1.54, 1.807) is 31.2 Å². The Labute approximate surface area is 117 Å². The normalized spacial score (nSPS) is 11.2. The van der Waals surface area contributed by atoms with E-state index < -0.39 is 11.4 Å². The Morgan fingerprint density at radius 3 is 2.53 bits per heavy atom. The Morgan fingerprint density at radius 1 is 1.37 bits per heavy atom. The van der Waals surface area contributed by atoms with Crippen LogP contribution in [0.1, 0.15) is 13.3 Å². The van der Waals surface area contributed by atoms with Crippen LogP contribution in [-0.4, -0.2) is 41.5 Å². The van der Waals surface area contributed by atoms with Crippen molar-refractivity contribution in [1.29, 1.82) is 0 Å². The van der Waals surface area contributed by atoms with Gasteiger partial charge >= 0.3 is 0 Å².